The van der Waals surface area contributed by atoms with Crippen LogP contribution in [-0.2, 0) is 14.3 Å². The summed E-state index contributed by atoms with van der Waals surface area (Å²) in [5, 5.41) is 3.06. The monoisotopic (exact) mass is 215 g/mol. The molecule has 15 heavy (non-hydrogen) atoms. The van der Waals surface area contributed by atoms with Crippen LogP contribution in [0.4, 0.5) is 0 Å². The molecule has 1 aliphatic rings. The summed E-state index contributed by atoms with van der Waals surface area (Å²) in [7, 11) is 0. The third-order valence-electron chi connectivity index (χ3n) is 2.36. The molecule has 1 N–H and O–H groups in total. The number of likely N-dealkylation sites (N-methyl/N-ethyl adjacent to an activating group) is 1. The lowest BCUT2D eigenvalue weighted by Crippen LogP contribution is -2.41. The Balaban J connectivity index is 2.17. The van der Waals surface area contributed by atoms with E-state index in [1.807, 2.05) is 13.8 Å². The highest BCUT2D eigenvalue weighted by atomic mass is 16.5. The Hall–Kier alpha value is -0.610. The van der Waals surface area contributed by atoms with Crippen molar-refractivity contribution in [2.75, 3.05) is 26.4 Å². The van der Waals surface area contributed by atoms with Crippen molar-refractivity contribution in [3.8, 4) is 0 Å². The van der Waals surface area contributed by atoms with Crippen LogP contribution in [0, 0.1) is 5.92 Å². The molecule has 0 aromatic carbocycles. The van der Waals surface area contributed by atoms with Gasteiger partial charge >= 0.3 is 5.97 Å². The fourth-order valence-corrected chi connectivity index (χ4v) is 1.34. The van der Waals surface area contributed by atoms with Gasteiger partial charge in [-0.2, -0.15) is 0 Å². The second-order valence-electron chi connectivity index (χ2n) is 3.84. The van der Waals surface area contributed by atoms with Gasteiger partial charge in [-0.05, 0) is 32.2 Å². The molecule has 0 aliphatic heterocycles. The number of hydrogen-bond donors (Lipinski definition) is 1. The van der Waals surface area contributed by atoms with Gasteiger partial charge in [0.05, 0.1) is 13.2 Å². The minimum Gasteiger partial charge on any atom is -0.465 e. The molecule has 4 heteroatoms. The van der Waals surface area contributed by atoms with E-state index in [1.165, 1.54) is 12.8 Å². The van der Waals surface area contributed by atoms with E-state index in [2.05, 4.69) is 5.32 Å². The first kappa shape index (κ1) is 12.5. The number of nitrogens with one attached hydrogen (secondary N) is 1. The third-order valence-corrected chi connectivity index (χ3v) is 2.36. The highest BCUT2D eigenvalue weighted by Gasteiger charge is 2.23. The van der Waals surface area contributed by atoms with Gasteiger partial charge in [-0.3, -0.25) is 4.79 Å². The molecule has 0 amide bonds. The van der Waals surface area contributed by atoms with E-state index >= 15 is 0 Å². The smallest absolute Gasteiger partial charge is 0.325 e. The summed E-state index contributed by atoms with van der Waals surface area (Å²) in [6, 6.07) is -0.311. The molecule has 4 nitrogen and oxygen atoms in total. The van der Waals surface area contributed by atoms with Crippen LogP contribution in [0.1, 0.15) is 26.7 Å². The second-order valence-corrected chi connectivity index (χ2v) is 3.84. The average molecular weight is 215 g/mol. The molecule has 0 aromatic heterocycles. The molecule has 1 aliphatic carbocycles. The molecule has 1 saturated carbocycles. The summed E-state index contributed by atoms with van der Waals surface area (Å²) in [6.45, 7) is 6.14. The van der Waals surface area contributed by atoms with Gasteiger partial charge in [0.15, 0.2) is 0 Å². The maximum atomic E-state index is 11.5. The predicted octanol–water partition coefficient (Wildman–Crippen LogP) is 0.954. The lowest BCUT2D eigenvalue weighted by molar-refractivity contribution is -0.147. The lowest BCUT2D eigenvalue weighted by Gasteiger charge is -2.16. The van der Waals surface area contributed by atoms with Crippen LogP contribution in [0.25, 0.3) is 0 Å². The van der Waals surface area contributed by atoms with Gasteiger partial charge < -0.3 is 14.8 Å². The van der Waals surface area contributed by atoms with Crippen molar-refractivity contribution in [3.63, 3.8) is 0 Å². The highest BCUT2D eigenvalue weighted by molar-refractivity contribution is 5.75. The van der Waals surface area contributed by atoms with E-state index in [0.29, 0.717) is 13.2 Å². The summed E-state index contributed by atoms with van der Waals surface area (Å²) in [6.07, 6.45) is 2.54. The molecule has 0 radical (unpaired) electrons. The number of carbonyl (C=O) groups is 1. The van der Waals surface area contributed by atoms with Crippen molar-refractivity contribution in [1.82, 2.24) is 5.32 Å². The van der Waals surface area contributed by atoms with E-state index in [-0.39, 0.29) is 12.0 Å². The van der Waals surface area contributed by atoms with Crippen LogP contribution in [-0.4, -0.2) is 38.4 Å². The predicted molar refractivity (Wildman–Crippen MR) is 57.6 cm³/mol. The van der Waals surface area contributed by atoms with Crippen LogP contribution < -0.4 is 5.32 Å². The van der Waals surface area contributed by atoms with Crippen molar-refractivity contribution < 1.29 is 14.3 Å². The second kappa shape index (κ2) is 6.80. The number of ether oxygens (including phenoxy) is 2. The lowest BCUT2D eigenvalue weighted by atomic mass is 10.3. The Kier molecular flexibility index (Phi) is 5.65. The topological polar surface area (TPSA) is 47.6 Å². The van der Waals surface area contributed by atoms with Gasteiger partial charge in [0, 0.05) is 6.61 Å². The van der Waals surface area contributed by atoms with Crippen LogP contribution in [0.3, 0.4) is 0 Å². The van der Waals surface area contributed by atoms with Gasteiger partial charge in [0.2, 0.25) is 0 Å². The number of hydrogen-bond acceptors (Lipinski definition) is 4. The maximum Gasteiger partial charge on any atom is 0.325 e. The SMILES string of the molecule is CCNC(COCC1CC1)C(=O)OCC. The first-order valence-corrected chi connectivity index (χ1v) is 5.75. The van der Waals surface area contributed by atoms with Gasteiger partial charge in [-0.25, -0.2) is 0 Å². The quantitative estimate of drug-likeness (QED) is 0.612. The van der Waals surface area contributed by atoms with Crippen molar-refractivity contribution in [3.05, 3.63) is 0 Å². The van der Waals surface area contributed by atoms with Crippen LogP contribution in [0.2, 0.25) is 0 Å². The number of rotatable bonds is 8. The summed E-state index contributed by atoms with van der Waals surface area (Å²) in [4.78, 5) is 11.5. The molecule has 88 valence electrons. The van der Waals surface area contributed by atoms with Crippen molar-refractivity contribution >= 4 is 5.97 Å². The molecule has 0 heterocycles. The number of esters is 1. The molecule has 0 spiro atoms. The fourth-order valence-electron chi connectivity index (χ4n) is 1.34. The van der Waals surface area contributed by atoms with E-state index in [1.54, 1.807) is 0 Å². The first-order valence-electron chi connectivity index (χ1n) is 5.75. The molecule has 1 unspecified atom stereocenters. The zero-order chi connectivity index (χ0) is 11.1. The zero-order valence-electron chi connectivity index (χ0n) is 9.62. The van der Waals surface area contributed by atoms with Gasteiger partial charge in [-0.1, -0.05) is 6.92 Å². The van der Waals surface area contributed by atoms with Crippen molar-refractivity contribution in [2.45, 2.75) is 32.7 Å². The van der Waals surface area contributed by atoms with E-state index in [9.17, 15) is 4.79 Å². The summed E-state index contributed by atoms with van der Waals surface area (Å²) >= 11 is 0. The molecule has 1 rings (SSSR count). The van der Waals surface area contributed by atoms with E-state index in [4.69, 9.17) is 9.47 Å². The molecular weight excluding hydrogens is 194 g/mol. The minimum absolute atomic E-state index is 0.213. The Morgan fingerprint density at radius 2 is 2.20 bits per heavy atom. The zero-order valence-corrected chi connectivity index (χ0v) is 9.62. The summed E-state index contributed by atoms with van der Waals surface area (Å²) < 4.78 is 10.4. The Morgan fingerprint density at radius 1 is 1.47 bits per heavy atom. The van der Waals surface area contributed by atoms with Crippen molar-refractivity contribution in [2.24, 2.45) is 5.92 Å². The van der Waals surface area contributed by atoms with E-state index in [0.717, 1.165) is 19.1 Å². The van der Waals surface area contributed by atoms with Crippen molar-refractivity contribution in [1.29, 1.82) is 0 Å². The van der Waals surface area contributed by atoms with Gasteiger partial charge in [0.1, 0.15) is 6.04 Å². The minimum atomic E-state index is -0.311. The van der Waals surface area contributed by atoms with Gasteiger partial charge in [0.25, 0.3) is 0 Å². The molecule has 1 atom stereocenters. The maximum absolute atomic E-state index is 11.5. The van der Waals surface area contributed by atoms with Gasteiger partial charge in [-0.15, -0.1) is 0 Å². The first-order chi connectivity index (χ1) is 7.27. The van der Waals surface area contributed by atoms with Crippen LogP contribution in [0.15, 0.2) is 0 Å². The molecule has 0 aromatic rings. The average Bonchev–Trinajstić information content (AvgIpc) is 3.01. The number of carbonyl (C=O) groups excluding carboxylic acids is 1. The Labute approximate surface area is 91.3 Å². The highest BCUT2D eigenvalue weighted by Crippen LogP contribution is 2.28. The summed E-state index contributed by atoms with van der Waals surface area (Å²) in [5.41, 5.74) is 0. The summed E-state index contributed by atoms with van der Waals surface area (Å²) in [5.74, 6) is 0.518. The largest absolute Gasteiger partial charge is 0.465 e. The Bertz CT molecular complexity index is 192. The molecule has 0 saturated heterocycles. The standard InChI is InChI=1S/C11H21NO3/c1-3-12-10(11(13)15-4-2)8-14-7-9-5-6-9/h9-10,12H,3-8H2,1-2H3. The Morgan fingerprint density at radius 3 is 2.73 bits per heavy atom. The molecule has 0 bridgehead atoms. The third kappa shape index (κ3) is 5.14. The normalized spacial score (nSPS) is 17.5. The fraction of sp³-hybridized carbons (Fsp3) is 0.909. The van der Waals surface area contributed by atoms with Crippen LogP contribution in [0.5, 0.6) is 0 Å². The molecule has 1 fully saturated rings. The van der Waals surface area contributed by atoms with E-state index < -0.39 is 0 Å². The molecular formula is C11H21NO3. The van der Waals surface area contributed by atoms with Crippen LogP contribution >= 0.6 is 0 Å².